The molecule has 9 aromatic carbocycles. The van der Waals surface area contributed by atoms with Crippen LogP contribution in [-0.2, 0) is 10.1 Å². The molecular formula is C58H47N3O7S. The van der Waals surface area contributed by atoms with Crippen molar-refractivity contribution in [3.8, 4) is 50.9 Å². The van der Waals surface area contributed by atoms with Gasteiger partial charge in [-0.15, -0.1) is 0 Å². The van der Waals surface area contributed by atoms with Crippen molar-refractivity contribution in [2.24, 2.45) is 0 Å². The van der Waals surface area contributed by atoms with Gasteiger partial charge in [0, 0.05) is 50.6 Å². The standard InChI is InChI=1S/C58H47N3O7S/c1-65-48-29-19-43(20-30-48)59(44-21-31-49(66-2)32-22-44)41-15-11-39(12-16-41)53-7-5-9-55-57(53)58-54(8-6-10-56(58)61(55)47-27-37-52(38-28-47)69(62,63)64)40-13-17-42(18-14-40)60(45-23-33-50(67-3)34-24-45)46-25-35-51(68-4)36-26-46/h5-38H,1-4H3,(H,62,63,64). The number of hydrogen-bond acceptors (Lipinski definition) is 8. The van der Waals surface area contributed by atoms with Gasteiger partial charge in [-0.3, -0.25) is 4.55 Å². The Morgan fingerprint density at radius 3 is 0.942 bits per heavy atom. The van der Waals surface area contributed by atoms with Gasteiger partial charge in [-0.25, -0.2) is 0 Å². The Morgan fingerprint density at radius 1 is 0.377 bits per heavy atom. The van der Waals surface area contributed by atoms with Gasteiger partial charge >= 0.3 is 0 Å². The third-order valence-corrected chi connectivity index (χ3v) is 13.3. The van der Waals surface area contributed by atoms with Gasteiger partial charge in [0.05, 0.1) is 44.4 Å². The highest BCUT2D eigenvalue weighted by Crippen LogP contribution is 2.45. The highest BCUT2D eigenvalue weighted by atomic mass is 32.2. The molecule has 0 aliphatic heterocycles. The van der Waals surface area contributed by atoms with E-state index >= 15 is 0 Å². The maximum absolute atomic E-state index is 12.1. The first-order valence-corrected chi connectivity index (χ1v) is 23.6. The van der Waals surface area contributed by atoms with Crippen LogP contribution in [0.3, 0.4) is 0 Å². The van der Waals surface area contributed by atoms with Crippen LogP contribution in [0.25, 0.3) is 49.7 Å². The third-order valence-electron chi connectivity index (χ3n) is 12.4. The zero-order valence-corrected chi connectivity index (χ0v) is 39.1. The molecule has 0 aliphatic carbocycles. The minimum atomic E-state index is -4.40. The van der Waals surface area contributed by atoms with E-state index in [-0.39, 0.29) is 4.90 Å². The predicted octanol–water partition coefficient (Wildman–Crippen LogP) is 14.3. The van der Waals surface area contributed by atoms with Crippen LogP contribution < -0.4 is 28.7 Å². The summed E-state index contributed by atoms with van der Waals surface area (Å²) in [6.07, 6.45) is 0. The average Bonchev–Trinajstić information content (AvgIpc) is 3.75. The van der Waals surface area contributed by atoms with E-state index < -0.39 is 10.1 Å². The first kappa shape index (κ1) is 44.3. The molecule has 0 radical (unpaired) electrons. The number of aromatic nitrogens is 1. The quantitative estimate of drug-likeness (QED) is 0.107. The monoisotopic (exact) mass is 929 g/mol. The second-order valence-corrected chi connectivity index (χ2v) is 17.7. The molecule has 11 heteroatoms. The fourth-order valence-corrected chi connectivity index (χ4v) is 9.51. The fourth-order valence-electron chi connectivity index (χ4n) is 9.03. The van der Waals surface area contributed by atoms with Crippen LogP contribution in [0.4, 0.5) is 34.1 Å². The molecule has 69 heavy (non-hydrogen) atoms. The van der Waals surface area contributed by atoms with E-state index in [9.17, 15) is 13.0 Å². The molecule has 0 saturated heterocycles. The Hall–Kier alpha value is -8.51. The Morgan fingerprint density at radius 2 is 0.667 bits per heavy atom. The second kappa shape index (κ2) is 18.6. The molecule has 10 aromatic rings. The van der Waals surface area contributed by atoms with Crippen molar-refractivity contribution in [3.63, 3.8) is 0 Å². The molecule has 0 amide bonds. The van der Waals surface area contributed by atoms with Crippen molar-refractivity contribution >= 4 is 66.0 Å². The van der Waals surface area contributed by atoms with Gasteiger partial charge in [0.2, 0.25) is 0 Å². The van der Waals surface area contributed by atoms with E-state index in [2.05, 4.69) is 99.3 Å². The summed E-state index contributed by atoms with van der Waals surface area (Å²) in [5, 5.41) is 2.05. The molecule has 1 heterocycles. The first-order chi connectivity index (χ1) is 33.6. The van der Waals surface area contributed by atoms with Crippen LogP contribution in [0.2, 0.25) is 0 Å². The second-order valence-electron chi connectivity index (χ2n) is 16.3. The molecule has 1 N–H and O–H groups in total. The average molecular weight is 930 g/mol. The number of methoxy groups -OCH3 is 4. The molecule has 0 bridgehead atoms. The van der Waals surface area contributed by atoms with Gasteiger partial charge in [0.25, 0.3) is 10.1 Å². The molecule has 10 rings (SSSR count). The van der Waals surface area contributed by atoms with Crippen LogP contribution in [0.15, 0.2) is 211 Å². The molecule has 0 aliphatic rings. The molecule has 0 saturated carbocycles. The summed E-state index contributed by atoms with van der Waals surface area (Å²) in [5.41, 5.74) is 12.4. The lowest BCUT2D eigenvalue weighted by Gasteiger charge is -2.26. The Labute approximate surface area is 401 Å². The van der Waals surface area contributed by atoms with Crippen molar-refractivity contribution < 1.29 is 31.9 Å². The van der Waals surface area contributed by atoms with Crippen molar-refractivity contribution in [1.82, 2.24) is 4.57 Å². The van der Waals surface area contributed by atoms with Crippen LogP contribution in [0.1, 0.15) is 0 Å². The van der Waals surface area contributed by atoms with E-state index in [1.54, 1.807) is 40.6 Å². The van der Waals surface area contributed by atoms with E-state index in [4.69, 9.17) is 18.9 Å². The molecule has 0 spiro atoms. The zero-order valence-electron chi connectivity index (χ0n) is 38.3. The number of rotatable bonds is 14. The normalized spacial score (nSPS) is 11.4. The number of nitrogens with zero attached hydrogens (tertiary/aromatic N) is 3. The maximum atomic E-state index is 12.1. The summed E-state index contributed by atoms with van der Waals surface area (Å²) < 4.78 is 58.2. The van der Waals surface area contributed by atoms with E-state index in [1.807, 2.05) is 97.1 Å². The maximum Gasteiger partial charge on any atom is 0.294 e. The molecule has 0 unspecified atom stereocenters. The fraction of sp³-hybridized carbons (Fsp3) is 0.0690. The Balaban J connectivity index is 1.13. The highest BCUT2D eigenvalue weighted by Gasteiger charge is 2.22. The third kappa shape index (κ3) is 8.57. The Bertz CT molecular complexity index is 3230. The first-order valence-electron chi connectivity index (χ1n) is 22.2. The summed E-state index contributed by atoms with van der Waals surface area (Å²) >= 11 is 0. The van der Waals surface area contributed by atoms with Crippen molar-refractivity contribution in [2.75, 3.05) is 38.2 Å². The van der Waals surface area contributed by atoms with E-state index in [1.165, 1.54) is 12.1 Å². The molecular weight excluding hydrogens is 883 g/mol. The van der Waals surface area contributed by atoms with Gasteiger partial charge < -0.3 is 33.3 Å². The Kier molecular flexibility index (Phi) is 12.0. The predicted molar refractivity (Wildman–Crippen MR) is 277 cm³/mol. The van der Waals surface area contributed by atoms with Crippen LogP contribution in [-0.4, -0.2) is 46.0 Å². The van der Waals surface area contributed by atoms with Crippen LogP contribution in [0, 0.1) is 0 Å². The lowest BCUT2D eigenvalue weighted by Crippen LogP contribution is -2.09. The molecule has 0 atom stereocenters. The van der Waals surface area contributed by atoms with Gasteiger partial charge in [-0.2, -0.15) is 8.42 Å². The number of anilines is 6. The minimum absolute atomic E-state index is 0.176. The summed E-state index contributed by atoms with van der Waals surface area (Å²) in [6, 6.07) is 68.0. The summed E-state index contributed by atoms with van der Waals surface area (Å²) in [5.74, 6) is 3.07. The van der Waals surface area contributed by atoms with E-state index in [0.717, 1.165) is 107 Å². The van der Waals surface area contributed by atoms with Gasteiger partial charge in [-0.1, -0.05) is 48.5 Å². The van der Waals surface area contributed by atoms with Crippen molar-refractivity contribution in [3.05, 3.63) is 206 Å². The highest BCUT2D eigenvalue weighted by molar-refractivity contribution is 7.85. The number of ether oxygens (including phenoxy) is 4. The van der Waals surface area contributed by atoms with Gasteiger partial charge in [0.15, 0.2) is 0 Å². The lowest BCUT2D eigenvalue weighted by atomic mass is 9.94. The molecule has 342 valence electrons. The number of benzene rings is 9. The van der Waals surface area contributed by atoms with Crippen molar-refractivity contribution in [1.29, 1.82) is 0 Å². The molecule has 10 nitrogen and oxygen atoms in total. The molecule has 0 fully saturated rings. The van der Waals surface area contributed by atoms with Crippen LogP contribution in [0.5, 0.6) is 23.0 Å². The van der Waals surface area contributed by atoms with Gasteiger partial charge in [-0.05, 0) is 180 Å². The number of hydrogen-bond donors (Lipinski definition) is 1. The lowest BCUT2D eigenvalue weighted by molar-refractivity contribution is 0.414. The summed E-state index contributed by atoms with van der Waals surface area (Å²) in [4.78, 5) is 4.21. The van der Waals surface area contributed by atoms with Crippen LogP contribution >= 0.6 is 0 Å². The largest absolute Gasteiger partial charge is 0.497 e. The SMILES string of the molecule is COc1ccc(N(c2ccc(OC)cc2)c2ccc(-c3cccc4c3c3c(-c5ccc(N(c6ccc(OC)cc6)c6ccc(OC)cc6)cc5)cccc3n4-c3ccc(S(=O)(=O)O)cc3)cc2)cc1. The minimum Gasteiger partial charge on any atom is -0.497 e. The topological polar surface area (TPSA) is 103 Å². The summed E-state index contributed by atoms with van der Waals surface area (Å²) in [7, 11) is 2.24. The van der Waals surface area contributed by atoms with Gasteiger partial charge in [0.1, 0.15) is 23.0 Å². The molecule has 1 aromatic heterocycles. The zero-order chi connectivity index (χ0) is 47.6. The summed E-state index contributed by atoms with van der Waals surface area (Å²) in [6.45, 7) is 0. The van der Waals surface area contributed by atoms with Crippen molar-refractivity contribution in [2.45, 2.75) is 4.90 Å². The number of fused-ring (bicyclic) bond motifs is 3. The smallest absolute Gasteiger partial charge is 0.294 e. The van der Waals surface area contributed by atoms with E-state index in [0.29, 0.717) is 0 Å².